The second kappa shape index (κ2) is 4.67. The van der Waals surface area contributed by atoms with Crippen LogP contribution in [0.25, 0.3) is 0 Å². The molecule has 0 amide bonds. The molecule has 0 aromatic rings. The lowest BCUT2D eigenvalue weighted by molar-refractivity contribution is 0.220. The monoisotopic (exact) mass is 224 g/mol. The van der Waals surface area contributed by atoms with Crippen molar-refractivity contribution >= 4 is 0 Å². The number of nitrogens with two attached hydrogens (primary N) is 1. The first-order valence-corrected chi connectivity index (χ1v) is 5.81. The van der Waals surface area contributed by atoms with E-state index >= 15 is 0 Å². The van der Waals surface area contributed by atoms with Gasteiger partial charge in [-0.15, -0.1) is 0 Å². The standard InChI is InChI=1S/C12H20N2O2/c13-12(4-3-10(6-12)8-16)14-11-2-1-9(5-11)7-15/h1-4,9-11,14-16H,5-8,13H2/t9-,10?,11+,12?/m1/s1. The van der Waals surface area contributed by atoms with Crippen molar-refractivity contribution < 1.29 is 10.2 Å². The smallest absolute Gasteiger partial charge is 0.0864 e. The number of aliphatic hydroxyl groups excluding tert-OH is 2. The van der Waals surface area contributed by atoms with Gasteiger partial charge in [-0.2, -0.15) is 0 Å². The van der Waals surface area contributed by atoms with Gasteiger partial charge in [0.1, 0.15) is 0 Å². The predicted octanol–water partition coefficient (Wildman–Crippen LogP) is -0.264. The van der Waals surface area contributed by atoms with Gasteiger partial charge in [0, 0.05) is 31.1 Å². The van der Waals surface area contributed by atoms with Crippen molar-refractivity contribution in [3.8, 4) is 0 Å². The molecule has 2 aliphatic rings. The maximum Gasteiger partial charge on any atom is 0.0864 e. The van der Waals surface area contributed by atoms with Crippen LogP contribution in [0, 0.1) is 11.8 Å². The topological polar surface area (TPSA) is 78.5 Å². The van der Waals surface area contributed by atoms with E-state index in [1.165, 1.54) is 0 Å². The molecule has 4 atom stereocenters. The van der Waals surface area contributed by atoms with Gasteiger partial charge in [0.05, 0.1) is 5.66 Å². The highest BCUT2D eigenvalue weighted by atomic mass is 16.3. The van der Waals surface area contributed by atoms with Crippen molar-refractivity contribution in [1.82, 2.24) is 5.32 Å². The van der Waals surface area contributed by atoms with Crippen molar-refractivity contribution in [2.24, 2.45) is 17.6 Å². The zero-order valence-electron chi connectivity index (χ0n) is 9.34. The van der Waals surface area contributed by atoms with Crippen LogP contribution in [0.1, 0.15) is 12.8 Å². The Morgan fingerprint density at radius 2 is 1.94 bits per heavy atom. The van der Waals surface area contributed by atoms with E-state index in [0.29, 0.717) is 0 Å². The fourth-order valence-corrected chi connectivity index (χ4v) is 2.47. The number of hydrogen-bond acceptors (Lipinski definition) is 4. The lowest BCUT2D eigenvalue weighted by Gasteiger charge is -2.28. The third-order valence-corrected chi connectivity index (χ3v) is 3.36. The van der Waals surface area contributed by atoms with E-state index in [-0.39, 0.29) is 31.1 Å². The van der Waals surface area contributed by atoms with E-state index in [1.54, 1.807) is 0 Å². The largest absolute Gasteiger partial charge is 0.396 e. The van der Waals surface area contributed by atoms with E-state index in [2.05, 4.69) is 11.4 Å². The van der Waals surface area contributed by atoms with Crippen molar-refractivity contribution in [3.63, 3.8) is 0 Å². The number of nitrogens with one attached hydrogen (secondary N) is 1. The summed E-state index contributed by atoms with van der Waals surface area (Å²) in [5, 5.41) is 21.5. The summed E-state index contributed by atoms with van der Waals surface area (Å²) in [6, 6.07) is 0.226. The van der Waals surface area contributed by atoms with E-state index in [1.807, 2.05) is 18.2 Å². The second-order valence-corrected chi connectivity index (χ2v) is 4.86. The zero-order chi connectivity index (χ0) is 11.6. The third-order valence-electron chi connectivity index (χ3n) is 3.36. The molecule has 5 N–H and O–H groups in total. The van der Waals surface area contributed by atoms with Crippen LogP contribution in [-0.2, 0) is 0 Å². The fraction of sp³-hybridized carbons (Fsp3) is 0.667. The van der Waals surface area contributed by atoms with Gasteiger partial charge in [-0.3, -0.25) is 5.32 Å². The first kappa shape index (κ1) is 11.8. The van der Waals surface area contributed by atoms with Gasteiger partial charge >= 0.3 is 0 Å². The Labute approximate surface area is 95.8 Å². The quantitative estimate of drug-likeness (QED) is 0.392. The summed E-state index contributed by atoms with van der Waals surface area (Å²) in [5.41, 5.74) is 5.68. The van der Waals surface area contributed by atoms with Crippen LogP contribution in [0.2, 0.25) is 0 Å². The van der Waals surface area contributed by atoms with Gasteiger partial charge in [-0.1, -0.05) is 24.3 Å². The molecule has 4 nitrogen and oxygen atoms in total. The molecule has 0 spiro atoms. The molecule has 4 heteroatoms. The molecule has 90 valence electrons. The fourth-order valence-electron chi connectivity index (χ4n) is 2.47. The predicted molar refractivity (Wildman–Crippen MR) is 62.5 cm³/mol. The highest BCUT2D eigenvalue weighted by Gasteiger charge is 2.33. The Balaban J connectivity index is 1.87. The van der Waals surface area contributed by atoms with Gasteiger partial charge in [-0.05, 0) is 12.8 Å². The van der Waals surface area contributed by atoms with Crippen molar-refractivity contribution in [2.45, 2.75) is 24.5 Å². The third kappa shape index (κ3) is 2.52. The SMILES string of the molecule is NC1(N[C@H]2C=C[C@@H](CO)C2)C=CC(CO)C1. The highest BCUT2D eigenvalue weighted by molar-refractivity contribution is 5.17. The summed E-state index contributed by atoms with van der Waals surface area (Å²) in [5.74, 6) is 0.414. The molecule has 0 aliphatic heterocycles. The zero-order valence-corrected chi connectivity index (χ0v) is 9.34. The average molecular weight is 224 g/mol. The van der Waals surface area contributed by atoms with E-state index < -0.39 is 5.66 Å². The molecule has 0 saturated carbocycles. The van der Waals surface area contributed by atoms with Crippen LogP contribution < -0.4 is 11.1 Å². The molecule has 0 bridgehead atoms. The van der Waals surface area contributed by atoms with Gasteiger partial charge < -0.3 is 15.9 Å². The maximum atomic E-state index is 9.06. The number of hydrogen-bond donors (Lipinski definition) is 4. The summed E-state index contributed by atoms with van der Waals surface area (Å²) in [4.78, 5) is 0. The Morgan fingerprint density at radius 1 is 1.19 bits per heavy atom. The van der Waals surface area contributed by atoms with Crippen LogP contribution in [0.4, 0.5) is 0 Å². The van der Waals surface area contributed by atoms with Crippen LogP contribution >= 0.6 is 0 Å². The molecule has 2 rings (SSSR count). The first-order valence-electron chi connectivity index (χ1n) is 5.81. The minimum atomic E-state index is -0.507. The number of rotatable bonds is 4. The van der Waals surface area contributed by atoms with Crippen LogP contribution in [0.15, 0.2) is 24.3 Å². The molecular weight excluding hydrogens is 204 g/mol. The average Bonchev–Trinajstić information content (AvgIpc) is 2.85. The minimum Gasteiger partial charge on any atom is -0.396 e. The molecule has 0 aromatic carbocycles. The molecule has 2 unspecified atom stereocenters. The molecule has 0 radical (unpaired) electrons. The molecule has 16 heavy (non-hydrogen) atoms. The molecule has 0 aromatic heterocycles. The van der Waals surface area contributed by atoms with Crippen LogP contribution in [0.3, 0.4) is 0 Å². The Hall–Kier alpha value is -0.680. The molecule has 0 saturated heterocycles. The molecule has 0 fully saturated rings. The van der Waals surface area contributed by atoms with Gasteiger partial charge in [-0.25, -0.2) is 0 Å². The summed E-state index contributed by atoms with van der Waals surface area (Å²) >= 11 is 0. The molecule has 0 heterocycles. The van der Waals surface area contributed by atoms with Crippen LogP contribution in [0.5, 0.6) is 0 Å². The van der Waals surface area contributed by atoms with Gasteiger partial charge in [0.2, 0.25) is 0 Å². The minimum absolute atomic E-state index is 0.150. The van der Waals surface area contributed by atoms with Crippen molar-refractivity contribution in [2.75, 3.05) is 13.2 Å². The summed E-state index contributed by atoms with van der Waals surface area (Å²) in [6.45, 7) is 0.345. The lowest BCUT2D eigenvalue weighted by Crippen LogP contribution is -2.54. The molecule has 2 aliphatic carbocycles. The van der Waals surface area contributed by atoms with Crippen molar-refractivity contribution in [3.05, 3.63) is 24.3 Å². The normalized spacial score (nSPS) is 42.1. The summed E-state index contributed by atoms with van der Waals surface area (Å²) in [7, 11) is 0. The number of aliphatic hydroxyl groups is 2. The van der Waals surface area contributed by atoms with Crippen LogP contribution in [-0.4, -0.2) is 35.1 Å². The Morgan fingerprint density at radius 3 is 2.50 bits per heavy atom. The van der Waals surface area contributed by atoms with Crippen molar-refractivity contribution in [1.29, 1.82) is 0 Å². The highest BCUT2D eigenvalue weighted by Crippen LogP contribution is 2.26. The second-order valence-electron chi connectivity index (χ2n) is 4.86. The lowest BCUT2D eigenvalue weighted by atomic mass is 10.0. The van der Waals surface area contributed by atoms with E-state index in [9.17, 15) is 0 Å². The molecular formula is C12H20N2O2. The first-order chi connectivity index (χ1) is 7.65. The van der Waals surface area contributed by atoms with Gasteiger partial charge in [0.15, 0.2) is 0 Å². The summed E-state index contributed by atoms with van der Waals surface area (Å²) in [6.07, 6.45) is 9.63. The van der Waals surface area contributed by atoms with Gasteiger partial charge in [0.25, 0.3) is 0 Å². The Bertz CT molecular complexity index is 303. The maximum absolute atomic E-state index is 9.06. The Kier molecular flexibility index (Phi) is 3.44. The summed E-state index contributed by atoms with van der Waals surface area (Å²) < 4.78 is 0. The van der Waals surface area contributed by atoms with E-state index in [0.717, 1.165) is 12.8 Å². The van der Waals surface area contributed by atoms with E-state index in [4.69, 9.17) is 15.9 Å².